The highest BCUT2D eigenvalue weighted by Crippen LogP contribution is 2.32. The Morgan fingerprint density at radius 3 is 2.26 bits per heavy atom. The van der Waals surface area contributed by atoms with Crippen molar-refractivity contribution >= 4 is 5.78 Å². The van der Waals surface area contributed by atoms with Crippen molar-refractivity contribution in [2.45, 2.75) is 13.1 Å². The zero-order valence-corrected chi connectivity index (χ0v) is 9.90. The van der Waals surface area contributed by atoms with Crippen LogP contribution in [0.5, 0.6) is 0 Å². The Labute approximate surface area is 107 Å². The van der Waals surface area contributed by atoms with Crippen LogP contribution in [-0.4, -0.2) is 15.8 Å². The summed E-state index contributed by atoms with van der Waals surface area (Å²) < 4.78 is 38.4. The summed E-state index contributed by atoms with van der Waals surface area (Å²) in [4.78, 5) is 19.5. The molecule has 0 saturated carbocycles. The van der Waals surface area contributed by atoms with Gasteiger partial charge in [0.25, 0.3) is 0 Å². The van der Waals surface area contributed by atoms with E-state index in [-0.39, 0.29) is 5.82 Å². The summed E-state index contributed by atoms with van der Waals surface area (Å²) in [7, 11) is 0. The zero-order chi connectivity index (χ0) is 14.0. The minimum atomic E-state index is -4.59. The molecule has 0 aliphatic heterocycles. The van der Waals surface area contributed by atoms with Crippen LogP contribution in [0.25, 0.3) is 0 Å². The molecule has 0 aliphatic rings. The average Bonchev–Trinajstić information content (AvgIpc) is 2.38. The molecule has 98 valence electrons. The highest BCUT2D eigenvalue weighted by atomic mass is 19.4. The number of benzene rings is 1. The first kappa shape index (κ1) is 13.2. The molecule has 1 aromatic carbocycles. The van der Waals surface area contributed by atoms with Crippen molar-refractivity contribution in [2.75, 3.05) is 0 Å². The summed E-state index contributed by atoms with van der Waals surface area (Å²) in [5.74, 6) is -1.09. The molecule has 19 heavy (non-hydrogen) atoms. The van der Waals surface area contributed by atoms with Crippen LogP contribution in [0, 0.1) is 6.92 Å². The lowest BCUT2D eigenvalue weighted by atomic mass is 10.0. The van der Waals surface area contributed by atoms with Gasteiger partial charge in [0.15, 0.2) is 0 Å². The summed E-state index contributed by atoms with van der Waals surface area (Å²) in [6, 6.07) is 4.59. The van der Waals surface area contributed by atoms with E-state index in [0.717, 1.165) is 17.7 Å². The smallest absolute Gasteiger partial charge is 0.285 e. The maximum absolute atomic E-state index is 12.8. The molecule has 2 rings (SSSR count). The highest BCUT2D eigenvalue weighted by Gasteiger charge is 2.35. The van der Waals surface area contributed by atoms with Gasteiger partial charge in [-0.05, 0) is 18.6 Å². The number of alkyl halides is 3. The minimum absolute atomic E-state index is 0.248. The fraction of sp³-hybridized carbons (Fsp3) is 0.154. The van der Waals surface area contributed by atoms with Crippen molar-refractivity contribution in [3.05, 3.63) is 59.2 Å². The third kappa shape index (κ3) is 2.78. The minimum Gasteiger partial charge on any atom is -0.285 e. The van der Waals surface area contributed by atoms with Gasteiger partial charge in [-0.3, -0.25) is 4.79 Å². The van der Waals surface area contributed by atoms with Gasteiger partial charge >= 0.3 is 6.18 Å². The van der Waals surface area contributed by atoms with Gasteiger partial charge in [-0.25, -0.2) is 9.97 Å². The molecule has 0 amide bonds. The molecule has 0 aliphatic carbocycles. The second kappa shape index (κ2) is 4.79. The molecule has 0 saturated heterocycles. The molecule has 2 aromatic rings. The molecule has 0 spiro atoms. The van der Waals surface area contributed by atoms with E-state index in [2.05, 4.69) is 9.97 Å². The van der Waals surface area contributed by atoms with Crippen LogP contribution in [0.1, 0.15) is 27.3 Å². The maximum Gasteiger partial charge on any atom is 0.417 e. The third-order valence-corrected chi connectivity index (χ3v) is 2.46. The van der Waals surface area contributed by atoms with E-state index in [9.17, 15) is 18.0 Å². The molecule has 0 unspecified atom stereocenters. The molecule has 1 aromatic heterocycles. The zero-order valence-electron chi connectivity index (χ0n) is 9.90. The Morgan fingerprint density at radius 1 is 1.11 bits per heavy atom. The van der Waals surface area contributed by atoms with E-state index in [0.29, 0.717) is 0 Å². The van der Waals surface area contributed by atoms with Crippen LogP contribution >= 0.6 is 0 Å². The van der Waals surface area contributed by atoms with Crippen molar-refractivity contribution in [1.82, 2.24) is 9.97 Å². The number of ketones is 1. The Bertz CT molecular complexity index is 606. The van der Waals surface area contributed by atoms with E-state index < -0.39 is 23.1 Å². The number of aryl methyl sites for hydroxylation is 1. The van der Waals surface area contributed by atoms with Crippen LogP contribution in [0.4, 0.5) is 13.2 Å². The fourth-order valence-electron chi connectivity index (χ4n) is 1.56. The Hall–Kier alpha value is -2.24. The number of carbonyl (C=O) groups excluding carboxylic acids is 1. The van der Waals surface area contributed by atoms with E-state index in [1.807, 2.05) is 0 Å². The SMILES string of the molecule is Cc1cnc(C(=O)c2ccccc2C(F)(F)F)nc1. The highest BCUT2D eigenvalue weighted by molar-refractivity contribution is 6.07. The van der Waals surface area contributed by atoms with E-state index in [4.69, 9.17) is 0 Å². The molecule has 6 heteroatoms. The summed E-state index contributed by atoms with van der Waals surface area (Å²) in [6.07, 6.45) is -1.82. The topological polar surface area (TPSA) is 42.9 Å². The van der Waals surface area contributed by atoms with Crippen molar-refractivity contribution in [1.29, 1.82) is 0 Å². The first-order chi connectivity index (χ1) is 8.89. The van der Waals surface area contributed by atoms with Gasteiger partial charge in [0.2, 0.25) is 11.6 Å². The van der Waals surface area contributed by atoms with Crippen LogP contribution in [-0.2, 0) is 6.18 Å². The molecular formula is C13H9F3N2O. The second-order valence-electron chi connectivity index (χ2n) is 3.96. The lowest BCUT2D eigenvalue weighted by molar-refractivity contribution is -0.137. The summed E-state index contributed by atoms with van der Waals surface area (Å²) in [5, 5.41) is 0. The summed E-state index contributed by atoms with van der Waals surface area (Å²) in [5.41, 5.74) is -0.705. The monoisotopic (exact) mass is 266 g/mol. The van der Waals surface area contributed by atoms with E-state index in [1.54, 1.807) is 6.92 Å². The number of hydrogen-bond acceptors (Lipinski definition) is 3. The maximum atomic E-state index is 12.8. The van der Waals surface area contributed by atoms with Crippen LogP contribution < -0.4 is 0 Å². The largest absolute Gasteiger partial charge is 0.417 e. The Balaban J connectivity index is 2.48. The fourth-order valence-corrected chi connectivity index (χ4v) is 1.56. The second-order valence-corrected chi connectivity index (χ2v) is 3.96. The van der Waals surface area contributed by atoms with Crippen LogP contribution in [0.2, 0.25) is 0 Å². The summed E-state index contributed by atoms with van der Waals surface area (Å²) in [6.45, 7) is 1.72. The van der Waals surface area contributed by atoms with Crippen LogP contribution in [0.3, 0.4) is 0 Å². The number of nitrogens with zero attached hydrogens (tertiary/aromatic N) is 2. The quantitative estimate of drug-likeness (QED) is 0.785. The van der Waals surface area contributed by atoms with E-state index >= 15 is 0 Å². The number of carbonyl (C=O) groups is 1. The number of rotatable bonds is 2. The molecule has 0 N–H and O–H groups in total. The molecule has 0 radical (unpaired) electrons. The van der Waals surface area contributed by atoms with Gasteiger partial charge in [0.05, 0.1) is 5.56 Å². The van der Waals surface area contributed by atoms with Crippen LogP contribution in [0.15, 0.2) is 36.7 Å². The molecule has 0 fully saturated rings. The Kier molecular flexibility index (Phi) is 3.33. The van der Waals surface area contributed by atoms with Gasteiger partial charge in [-0.15, -0.1) is 0 Å². The number of aromatic nitrogens is 2. The van der Waals surface area contributed by atoms with Crippen molar-refractivity contribution in [2.24, 2.45) is 0 Å². The molecule has 0 bridgehead atoms. The molecule has 3 nitrogen and oxygen atoms in total. The third-order valence-electron chi connectivity index (χ3n) is 2.46. The molecule has 0 atom stereocenters. The van der Waals surface area contributed by atoms with Gasteiger partial charge in [-0.2, -0.15) is 13.2 Å². The van der Waals surface area contributed by atoms with Crippen molar-refractivity contribution in [3.63, 3.8) is 0 Å². The van der Waals surface area contributed by atoms with Gasteiger partial charge in [0, 0.05) is 18.0 Å². The average molecular weight is 266 g/mol. The predicted molar refractivity (Wildman–Crippen MR) is 61.6 cm³/mol. The normalized spacial score (nSPS) is 11.4. The van der Waals surface area contributed by atoms with Crippen molar-refractivity contribution in [3.8, 4) is 0 Å². The standard InChI is InChI=1S/C13H9F3N2O/c1-8-6-17-12(18-7-8)11(19)9-4-2-3-5-10(9)13(14,15)16/h2-7H,1H3. The predicted octanol–water partition coefficient (Wildman–Crippen LogP) is 3.03. The molecular weight excluding hydrogens is 257 g/mol. The van der Waals surface area contributed by atoms with Gasteiger partial charge in [0.1, 0.15) is 0 Å². The van der Waals surface area contributed by atoms with Crippen molar-refractivity contribution < 1.29 is 18.0 Å². The van der Waals surface area contributed by atoms with Gasteiger partial charge in [-0.1, -0.05) is 18.2 Å². The van der Waals surface area contributed by atoms with Gasteiger partial charge < -0.3 is 0 Å². The Morgan fingerprint density at radius 2 is 1.68 bits per heavy atom. The summed E-state index contributed by atoms with van der Waals surface area (Å²) >= 11 is 0. The lowest BCUT2D eigenvalue weighted by Crippen LogP contribution is -2.15. The first-order valence-corrected chi connectivity index (χ1v) is 5.39. The number of halogens is 3. The lowest BCUT2D eigenvalue weighted by Gasteiger charge is -2.10. The molecule has 1 heterocycles. The van der Waals surface area contributed by atoms with E-state index in [1.165, 1.54) is 24.5 Å². The first-order valence-electron chi connectivity index (χ1n) is 5.39. The number of hydrogen-bond donors (Lipinski definition) is 0.